The maximum Gasteiger partial charge on any atom is 0.142 e. The Hall–Kier alpha value is -0.0575. The molecule has 0 atom stereocenters. The molecular weight excluding hydrogens is 104 g/mol. The third kappa shape index (κ3) is 16.7. The van der Waals surface area contributed by atoms with E-state index in [9.17, 15) is 0 Å². The third-order valence-corrected chi connectivity index (χ3v) is 0.0962. The van der Waals surface area contributed by atoms with Crippen molar-refractivity contribution < 1.29 is 22.2 Å². The molecule has 0 rings (SSSR count). The van der Waals surface area contributed by atoms with E-state index >= 15 is 0 Å². The van der Waals surface area contributed by atoms with Crippen LogP contribution in [0.5, 0.6) is 0 Å². The van der Waals surface area contributed by atoms with Crippen molar-refractivity contribution in [2.24, 2.45) is 0 Å². The van der Waals surface area contributed by atoms with Crippen LogP contribution in [0.2, 0.25) is 0 Å². The van der Waals surface area contributed by atoms with Gasteiger partial charge in [-0.3, -0.25) is 4.79 Å². The first-order chi connectivity index (χ1) is 1.91. The normalized spacial score (nSPS) is 4.00. The van der Waals surface area contributed by atoms with Crippen LogP contribution in [0.25, 0.3) is 0 Å². The number of hydrogen-bond donors (Lipinski definition) is 0. The molecule has 28 valence electrons. The molecule has 0 bridgehead atoms. The molecule has 0 radical (unpaired) electrons. The molecule has 0 fully saturated rings. The summed E-state index contributed by atoms with van der Waals surface area (Å²) in [6.07, 6.45) is 1.83. The van der Waals surface area contributed by atoms with Crippen LogP contribution >= 0.6 is 0 Å². The predicted molar refractivity (Wildman–Crippen MR) is 16.3 cm³/mol. The standard InChI is InChI=1S/C3H4O.Cr/c1-2-3-4;/h2-3H,1H2;. The number of rotatable bonds is 1. The largest absolute Gasteiger partial charge is 0.299 e. The summed E-state index contributed by atoms with van der Waals surface area (Å²) in [5.41, 5.74) is 0. The van der Waals surface area contributed by atoms with Gasteiger partial charge in [0, 0.05) is 17.4 Å². The SMILES string of the molecule is C=CC=O.[Cr]. The second-order valence-corrected chi connectivity index (χ2v) is 0.372. The van der Waals surface area contributed by atoms with Crippen LogP contribution in [-0.4, -0.2) is 6.29 Å². The van der Waals surface area contributed by atoms with E-state index in [1.54, 1.807) is 0 Å². The summed E-state index contributed by atoms with van der Waals surface area (Å²) < 4.78 is 0. The molecule has 0 aromatic rings. The van der Waals surface area contributed by atoms with Gasteiger partial charge in [0.2, 0.25) is 0 Å². The Balaban J connectivity index is 0. The van der Waals surface area contributed by atoms with Crippen molar-refractivity contribution in [3.8, 4) is 0 Å². The van der Waals surface area contributed by atoms with Gasteiger partial charge >= 0.3 is 0 Å². The fourth-order valence-electron chi connectivity index (χ4n) is 0. The smallest absolute Gasteiger partial charge is 0.142 e. The summed E-state index contributed by atoms with van der Waals surface area (Å²) >= 11 is 0. The monoisotopic (exact) mass is 108 g/mol. The second kappa shape index (κ2) is 9.05. The van der Waals surface area contributed by atoms with Gasteiger partial charge in [-0.25, -0.2) is 0 Å². The van der Waals surface area contributed by atoms with E-state index in [2.05, 4.69) is 6.58 Å². The Bertz CT molecular complexity index is 27.9. The summed E-state index contributed by atoms with van der Waals surface area (Å²) in [7, 11) is 0. The van der Waals surface area contributed by atoms with Gasteiger partial charge in [-0.15, -0.1) is 0 Å². The Morgan fingerprint density at radius 3 is 1.80 bits per heavy atom. The topological polar surface area (TPSA) is 17.1 Å². The zero-order chi connectivity index (χ0) is 3.41. The van der Waals surface area contributed by atoms with Gasteiger partial charge < -0.3 is 0 Å². The van der Waals surface area contributed by atoms with Crippen LogP contribution < -0.4 is 0 Å². The zero-order valence-corrected chi connectivity index (χ0v) is 3.95. The molecule has 0 saturated carbocycles. The predicted octanol–water partition coefficient (Wildman–Crippen LogP) is 0.369. The van der Waals surface area contributed by atoms with Crippen molar-refractivity contribution in [3.63, 3.8) is 0 Å². The van der Waals surface area contributed by atoms with Crippen molar-refractivity contribution in [2.75, 3.05) is 0 Å². The van der Waals surface area contributed by atoms with Crippen LogP contribution in [0.15, 0.2) is 12.7 Å². The molecule has 5 heavy (non-hydrogen) atoms. The summed E-state index contributed by atoms with van der Waals surface area (Å²) in [5.74, 6) is 0. The fourth-order valence-corrected chi connectivity index (χ4v) is 0. The molecule has 0 aliphatic carbocycles. The fraction of sp³-hybridized carbons (Fsp3) is 0. The maximum atomic E-state index is 9.06. The molecule has 0 aliphatic heterocycles. The Kier molecular flexibility index (Phi) is 16.1. The number of hydrogen-bond acceptors (Lipinski definition) is 1. The molecule has 0 aliphatic rings. The number of allylic oxidation sites excluding steroid dienone is 1. The first-order valence-corrected chi connectivity index (χ1v) is 0.977. The molecule has 0 saturated heterocycles. The first-order valence-electron chi connectivity index (χ1n) is 0.977. The molecular formula is C3H4CrO. The molecule has 2 heteroatoms. The van der Waals surface area contributed by atoms with Gasteiger partial charge in [0.05, 0.1) is 0 Å². The quantitative estimate of drug-likeness (QED) is 0.350. The third-order valence-electron chi connectivity index (χ3n) is 0.0962. The Morgan fingerprint density at radius 1 is 1.60 bits per heavy atom. The van der Waals surface area contributed by atoms with Crippen molar-refractivity contribution in [3.05, 3.63) is 12.7 Å². The van der Waals surface area contributed by atoms with E-state index in [0.29, 0.717) is 6.29 Å². The minimum absolute atomic E-state index is 0. The summed E-state index contributed by atoms with van der Waals surface area (Å²) in [6.45, 7) is 3.11. The number of aldehydes is 1. The molecule has 0 unspecified atom stereocenters. The van der Waals surface area contributed by atoms with Crippen LogP contribution in [0.4, 0.5) is 0 Å². The average Bonchev–Trinajstić information content (AvgIpc) is 1.37. The molecule has 0 heterocycles. The summed E-state index contributed by atoms with van der Waals surface area (Å²) in [6, 6.07) is 0. The van der Waals surface area contributed by atoms with Crippen molar-refractivity contribution >= 4 is 6.29 Å². The van der Waals surface area contributed by atoms with Crippen LogP contribution in [0.1, 0.15) is 0 Å². The Morgan fingerprint density at radius 2 is 1.80 bits per heavy atom. The molecule has 0 amide bonds. The molecule has 0 aromatic heterocycles. The zero-order valence-electron chi connectivity index (χ0n) is 2.68. The summed E-state index contributed by atoms with van der Waals surface area (Å²) in [4.78, 5) is 9.06. The van der Waals surface area contributed by atoms with Gasteiger partial charge in [-0.1, -0.05) is 6.58 Å². The van der Waals surface area contributed by atoms with E-state index in [1.165, 1.54) is 6.08 Å². The van der Waals surface area contributed by atoms with Gasteiger partial charge in [0.1, 0.15) is 6.29 Å². The maximum absolute atomic E-state index is 9.06. The van der Waals surface area contributed by atoms with Gasteiger partial charge in [-0.2, -0.15) is 0 Å². The van der Waals surface area contributed by atoms with Gasteiger partial charge in [0.15, 0.2) is 0 Å². The van der Waals surface area contributed by atoms with E-state index in [4.69, 9.17) is 4.79 Å². The second-order valence-electron chi connectivity index (χ2n) is 0.372. The average molecular weight is 108 g/mol. The van der Waals surface area contributed by atoms with Crippen molar-refractivity contribution in [1.82, 2.24) is 0 Å². The Labute approximate surface area is 41.8 Å². The van der Waals surface area contributed by atoms with E-state index in [0.717, 1.165) is 0 Å². The minimum atomic E-state index is 0. The summed E-state index contributed by atoms with van der Waals surface area (Å²) in [5, 5.41) is 0. The van der Waals surface area contributed by atoms with Gasteiger partial charge in [-0.05, 0) is 6.08 Å². The first kappa shape index (κ1) is 8.87. The van der Waals surface area contributed by atoms with Crippen LogP contribution in [-0.2, 0) is 22.2 Å². The van der Waals surface area contributed by atoms with Crippen molar-refractivity contribution in [2.45, 2.75) is 0 Å². The van der Waals surface area contributed by atoms with Crippen molar-refractivity contribution in [1.29, 1.82) is 0 Å². The van der Waals surface area contributed by atoms with Crippen LogP contribution in [0.3, 0.4) is 0 Å². The number of carbonyl (C=O) groups is 1. The molecule has 0 N–H and O–H groups in total. The minimum Gasteiger partial charge on any atom is -0.299 e. The molecule has 0 spiro atoms. The molecule has 0 aromatic carbocycles. The van der Waals surface area contributed by atoms with Gasteiger partial charge in [0.25, 0.3) is 0 Å². The molecule has 1 nitrogen and oxygen atoms in total. The van der Waals surface area contributed by atoms with Crippen LogP contribution in [0, 0.1) is 0 Å². The number of carbonyl (C=O) groups excluding carboxylic acids is 1. The van der Waals surface area contributed by atoms with E-state index in [1.807, 2.05) is 0 Å². The van der Waals surface area contributed by atoms with E-state index < -0.39 is 0 Å². The van der Waals surface area contributed by atoms with E-state index in [-0.39, 0.29) is 17.4 Å².